The summed E-state index contributed by atoms with van der Waals surface area (Å²) < 4.78 is 0. The van der Waals surface area contributed by atoms with Crippen molar-refractivity contribution in [3.05, 3.63) is 0 Å². The van der Waals surface area contributed by atoms with Gasteiger partial charge in [-0.3, -0.25) is 4.79 Å². The van der Waals surface area contributed by atoms with Crippen LogP contribution in [0.5, 0.6) is 0 Å². The van der Waals surface area contributed by atoms with Gasteiger partial charge in [0, 0.05) is 0 Å². The summed E-state index contributed by atoms with van der Waals surface area (Å²) in [6.07, 6.45) is 5.18. The van der Waals surface area contributed by atoms with Gasteiger partial charge in [-0.25, -0.2) is 0 Å². The van der Waals surface area contributed by atoms with Gasteiger partial charge in [-0.2, -0.15) is 0 Å². The Morgan fingerprint density at radius 1 is 1.58 bits per heavy atom. The SMILES string of the molecule is NCCC(CC1CCC1)C(=O)O. The fourth-order valence-corrected chi connectivity index (χ4v) is 1.67. The Kier molecular flexibility index (Phi) is 3.53. The minimum Gasteiger partial charge on any atom is -0.481 e. The maximum atomic E-state index is 10.7. The average Bonchev–Trinajstić information content (AvgIpc) is 1.93. The van der Waals surface area contributed by atoms with Crippen LogP contribution in [0.15, 0.2) is 0 Å². The van der Waals surface area contributed by atoms with Gasteiger partial charge in [0.1, 0.15) is 0 Å². The topological polar surface area (TPSA) is 63.3 Å². The molecule has 0 aromatic rings. The Hall–Kier alpha value is -0.570. The highest BCUT2D eigenvalue weighted by Crippen LogP contribution is 2.33. The molecule has 3 heteroatoms. The lowest BCUT2D eigenvalue weighted by Crippen LogP contribution is -2.23. The maximum Gasteiger partial charge on any atom is 0.306 e. The third-order valence-corrected chi connectivity index (χ3v) is 2.71. The first-order valence-corrected chi connectivity index (χ1v) is 4.67. The van der Waals surface area contributed by atoms with Crippen molar-refractivity contribution in [3.63, 3.8) is 0 Å². The van der Waals surface area contributed by atoms with Crippen LogP contribution >= 0.6 is 0 Å². The van der Waals surface area contributed by atoms with Gasteiger partial charge in [-0.05, 0) is 25.3 Å². The zero-order valence-electron chi connectivity index (χ0n) is 7.33. The fraction of sp³-hybridized carbons (Fsp3) is 0.889. The molecule has 1 rings (SSSR count). The molecule has 0 aromatic heterocycles. The first-order chi connectivity index (χ1) is 5.74. The van der Waals surface area contributed by atoms with Gasteiger partial charge >= 0.3 is 5.97 Å². The Labute approximate surface area is 72.9 Å². The molecular weight excluding hydrogens is 154 g/mol. The molecule has 0 saturated heterocycles. The first kappa shape index (κ1) is 9.52. The monoisotopic (exact) mass is 171 g/mol. The third-order valence-electron chi connectivity index (χ3n) is 2.71. The van der Waals surface area contributed by atoms with Gasteiger partial charge in [0.15, 0.2) is 0 Å². The number of carbonyl (C=O) groups is 1. The van der Waals surface area contributed by atoms with Crippen LogP contribution in [0.3, 0.4) is 0 Å². The number of carboxylic acids is 1. The quantitative estimate of drug-likeness (QED) is 0.653. The fourth-order valence-electron chi connectivity index (χ4n) is 1.67. The molecule has 1 atom stereocenters. The van der Waals surface area contributed by atoms with E-state index in [1.165, 1.54) is 19.3 Å². The Bertz CT molecular complexity index is 155. The summed E-state index contributed by atoms with van der Waals surface area (Å²) in [5.74, 6) is -0.203. The normalized spacial score (nSPS) is 20.1. The molecule has 1 fully saturated rings. The van der Waals surface area contributed by atoms with Crippen molar-refractivity contribution in [2.45, 2.75) is 32.1 Å². The summed E-state index contributed by atoms with van der Waals surface area (Å²) in [6, 6.07) is 0. The molecule has 0 bridgehead atoms. The first-order valence-electron chi connectivity index (χ1n) is 4.67. The predicted molar refractivity (Wildman–Crippen MR) is 46.8 cm³/mol. The minimum absolute atomic E-state index is 0.194. The number of hydrogen-bond donors (Lipinski definition) is 2. The molecule has 1 aliphatic carbocycles. The molecular formula is C9H17NO2. The molecule has 1 unspecified atom stereocenters. The summed E-state index contributed by atoms with van der Waals surface area (Å²) in [7, 11) is 0. The van der Waals surface area contributed by atoms with Crippen molar-refractivity contribution < 1.29 is 9.90 Å². The Morgan fingerprint density at radius 2 is 2.25 bits per heavy atom. The van der Waals surface area contributed by atoms with E-state index >= 15 is 0 Å². The molecule has 0 aliphatic heterocycles. The second kappa shape index (κ2) is 4.45. The number of nitrogens with two attached hydrogens (primary N) is 1. The van der Waals surface area contributed by atoms with Crippen LogP contribution in [0, 0.1) is 11.8 Å². The Balaban J connectivity index is 2.26. The summed E-state index contributed by atoms with van der Waals surface area (Å²) >= 11 is 0. The van der Waals surface area contributed by atoms with Crippen LogP contribution in [0.4, 0.5) is 0 Å². The number of hydrogen-bond acceptors (Lipinski definition) is 2. The van der Waals surface area contributed by atoms with Crippen molar-refractivity contribution in [2.75, 3.05) is 6.54 Å². The lowest BCUT2D eigenvalue weighted by Gasteiger charge is -2.27. The van der Waals surface area contributed by atoms with Crippen molar-refractivity contribution in [2.24, 2.45) is 17.6 Å². The Morgan fingerprint density at radius 3 is 2.58 bits per heavy atom. The lowest BCUT2D eigenvalue weighted by molar-refractivity contribution is -0.142. The molecule has 1 aliphatic rings. The smallest absolute Gasteiger partial charge is 0.306 e. The van der Waals surface area contributed by atoms with E-state index in [9.17, 15) is 4.79 Å². The molecule has 0 radical (unpaired) electrons. The molecule has 0 spiro atoms. The van der Waals surface area contributed by atoms with Crippen LogP contribution in [-0.4, -0.2) is 17.6 Å². The molecule has 0 aromatic carbocycles. The van der Waals surface area contributed by atoms with Crippen molar-refractivity contribution in [1.29, 1.82) is 0 Å². The van der Waals surface area contributed by atoms with Crippen molar-refractivity contribution in [3.8, 4) is 0 Å². The van der Waals surface area contributed by atoms with E-state index in [2.05, 4.69) is 0 Å². The molecule has 0 heterocycles. The molecule has 12 heavy (non-hydrogen) atoms. The highest BCUT2D eigenvalue weighted by atomic mass is 16.4. The van der Waals surface area contributed by atoms with Crippen LogP contribution in [0.2, 0.25) is 0 Å². The molecule has 3 nitrogen and oxygen atoms in total. The predicted octanol–water partition coefficient (Wildman–Crippen LogP) is 1.23. The van der Waals surface area contributed by atoms with E-state index in [1.807, 2.05) is 0 Å². The summed E-state index contributed by atoms with van der Waals surface area (Å²) in [4.78, 5) is 10.7. The van der Waals surface area contributed by atoms with Crippen LogP contribution in [-0.2, 0) is 4.79 Å². The van der Waals surface area contributed by atoms with Crippen LogP contribution in [0.25, 0.3) is 0 Å². The zero-order chi connectivity index (χ0) is 8.97. The number of carboxylic acid groups (broad SMARTS) is 1. The number of rotatable bonds is 5. The average molecular weight is 171 g/mol. The summed E-state index contributed by atoms with van der Waals surface area (Å²) in [5, 5.41) is 8.82. The molecule has 70 valence electrons. The van der Waals surface area contributed by atoms with E-state index < -0.39 is 5.97 Å². The molecule has 3 N–H and O–H groups in total. The van der Waals surface area contributed by atoms with Gasteiger partial charge in [0.25, 0.3) is 0 Å². The van der Waals surface area contributed by atoms with Crippen LogP contribution < -0.4 is 5.73 Å². The van der Waals surface area contributed by atoms with Gasteiger partial charge in [-0.1, -0.05) is 19.3 Å². The second-order valence-corrected chi connectivity index (χ2v) is 3.65. The lowest BCUT2D eigenvalue weighted by atomic mass is 9.78. The van der Waals surface area contributed by atoms with E-state index in [0.717, 1.165) is 6.42 Å². The van der Waals surface area contributed by atoms with E-state index in [0.29, 0.717) is 18.9 Å². The maximum absolute atomic E-state index is 10.7. The standard InChI is InChI=1S/C9H17NO2/c10-5-4-8(9(11)12)6-7-2-1-3-7/h7-8H,1-6,10H2,(H,11,12). The minimum atomic E-state index is -0.674. The second-order valence-electron chi connectivity index (χ2n) is 3.65. The molecule has 1 saturated carbocycles. The van der Waals surface area contributed by atoms with Gasteiger partial charge in [0.2, 0.25) is 0 Å². The van der Waals surface area contributed by atoms with Crippen molar-refractivity contribution in [1.82, 2.24) is 0 Å². The van der Waals surface area contributed by atoms with Gasteiger partial charge < -0.3 is 10.8 Å². The van der Waals surface area contributed by atoms with E-state index in [1.54, 1.807) is 0 Å². The highest BCUT2D eigenvalue weighted by Gasteiger charge is 2.25. The van der Waals surface area contributed by atoms with Gasteiger partial charge in [-0.15, -0.1) is 0 Å². The van der Waals surface area contributed by atoms with E-state index in [4.69, 9.17) is 10.8 Å². The van der Waals surface area contributed by atoms with Crippen molar-refractivity contribution >= 4 is 5.97 Å². The molecule has 0 amide bonds. The summed E-state index contributed by atoms with van der Waals surface area (Å²) in [5.41, 5.74) is 5.34. The third kappa shape index (κ3) is 2.48. The van der Waals surface area contributed by atoms with Gasteiger partial charge in [0.05, 0.1) is 5.92 Å². The largest absolute Gasteiger partial charge is 0.481 e. The summed E-state index contributed by atoms with van der Waals surface area (Å²) in [6.45, 7) is 0.490. The highest BCUT2D eigenvalue weighted by molar-refractivity contribution is 5.69. The van der Waals surface area contributed by atoms with Crippen LogP contribution in [0.1, 0.15) is 32.1 Å². The van der Waals surface area contributed by atoms with E-state index in [-0.39, 0.29) is 5.92 Å². The number of aliphatic carboxylic acids is 1. The zero-order valence-corrected chi connectivity index (χ0v) is 7.33.